The van der Waals surface area contributed by atoms with Gasteiger partial charge in [0.1, 0.15) is 0 Å². The van der Waals surface area contributed by atoms with Gasteiger partial charge in [-0.15, -0.1) is 0 Å². The number of carbonyl (C=O) groups excluding carboxylic acids is 1. The van der Waals surface area contributed by atoms with Crippen LogP contribution in [-0.4, -0.2) is 23.2 Å². The van der Waals surface area contributed by atoms with Gasteiger partial charge in [0, 0.05) is 17.0 Å². The van der Waals surface area contributed by atoms with Crippen molar-refractivity contribution in [3.05, 3.63) is 29.8 Å². The lowest BCUT2D eigenvalue weighted by molar-refractivity contribution is 0.101. The fourth-order valence-electron chi connectivity index (χ4n) is 1.13. The van der Waals surface area contributed by atoms with Crippen LogP contribution in [0.5, 0.6) is 0 Å². The molecule has 0 fully saturated rings. The van der Waals surface area contributed by atoms with Gasteiger partial charge in [-0.2, -0.15) is 0 Å². The summed E-state index contributed by atoms with van der Waals surface area (Å²) in [5.41, 5.74) is 6.31. The zero-order chi connectivity index (χ0) is 12.3. The topological polar surface area (TPSA) is 77.2 Å². The molecular weight excluding hydrogens is 341 g/mol. The van der Waals surface area contributed by atoms with E-state index < -0.39 is 18.9 Å². The van der Waals surface area contributed by atoms with Crippen molar-refractivity contribution < 1.29 is 13.2 Å². The number of rotatable bonds is 4. The molecule has 0 aliphatic carbocycles. The molecule has 1 rings (SSSR count). The van der Waals surface area contributed by atoms with E-state index in [1.165, 1.54) is 13.0 Å². The molecule has 0 saturated carbocycles. The van der Waals surface area contributed by atoms with Crippen molar-refractivity contribution in [2.45, 2.75) is 10.2 Å². The SMILES string of the molecule is CCS(=O)(=O)C(I)C(=O)c1cccc(N)c1. The molecule has 6 heteroatoms. The van der Waals surface area contributed by atoms with Gasteiger partial charge in [-0.3, -0.25) is 4.79 Å². The van der Waals surface area contributed by atoms with Crippen LogP contribution in [0, 0.1) is 0 Å². The van der Waals surface area contributed by atoms with E-state index >= 15 is 0 Å². The third kappa shape index (κ3) is 2.94. The number of sulfone groups is 1. The Morgan fingerprint density at radius 2 is 2.12 bits per heavy atom. The highest BCUT2D eigenvalue weighted by molar-refractivity contribution is 14.1. The molecule has 0 saturated heterocycles. The number of alkyl halides is 1. The second-order valence-electron chi connectivity index (χ2n) is 3.26. The Hall–Kier alpha value is -0.630. The Morgan fingerprint density at radius 3 is 2.62 bits per heavy atom. The largest absolute Gasteiger partial charge is 0.399 e. The molecule has 0 heterocycles. The number of anilines is 1. The Morgan fingerprint density at radius 1 is 1.50 bits per heavy atom. The van der Waals surface area contributed by atoms with Gasteiger partial charge in [-0.1, -0.05) is 41.6 Å². The van der Waals surface area contributed by atoms with Gasteiger partial charge in [0.2, 0.25) is 0 Å². The van der Waals surface area contributed by atoms with Crippen LogP contribution in [0.25, 0.3) is 0 Å². The molecule has 16 heavy (non-hydrogen) atoms. The highest BCUT2D eigenvalue weighted by Gasteiger charge is 2.28. The van der Waals surface area contributed by atoms with Crippen molar-refractivity contribution in [2.24, 2.45) is 0 Å². The smallest absolute Gasteiger partial charge is 0.190 e. The number of Topliss-reactive ketones (excluding diaryl/α,β-unsaturated/α-hetero) is 1. The molecular formula is C10H12INO3S. The molecule has 0 bridgehead atoms. The van der Waals surface area contributed by atoms with E-state index in [9.17, 15) is 13.2 Å². The molecule has 1 unspecified atom stereocenters. The third-order valence-corrected chi connectivity index (χ3v) is 6.63. The van der Waals surface area contributed by atoms with E-state index in [0.29, 0.717) is 11.3 Å². The van der Waals surface area contributed by atoms with Crippen molar-refractivity contribution in [2.75, 3.05) is 11.5 Å². The van der Waals surface area contributed by atoms with Crippen LogP contribution in [0.15, 0.2) is 24.3 Å². The fraction of sp³-hybridized carbons (Fsp3) is 0.300. The zero-order valence-corrected chi connectivity index (χ0v) is 11.7. The molecule has 0 radical (unpaired) electrons. The molecule has 1 aromatic carbocycles. The van der Waals surface area contributed by atoms with Gasteiger partial charge in [-0.05, 0) is 12.1 Å². The fourth-order valence-corrected chi connectivity index (χ4v) is 3.33. The predicted octanol–water partition coefficient (Wildman–Crippen LogP) is 1.65. The average molecular weight is 353 g/mol. The Balaban J connectivity index is 3.04. The predicted molar refractivity (Wildman–Crippen MR) is 72.5 cm³/mol. The van der Waals surface area contributed by atoms with Crippen molar-refractivity contribution in [1.82, 2.24) is 0 Å². The summed E-state index contributed by atoms with van der Waals surface area (Å²) < 4.78 is 22.0. The van der Waals surface area contributed by atoms with E-state index in [4.69, 9.17) is 5.73 Å². The van der Waals surface area contributed by atoms with Gasteiger partial charge in [0.15, 0.2) is 18.9 Å². The first kappa shape index (κ1) is 13.4. The number of nitrogen functional groups attached to an aromatic ring is 1. The summed E-state index contributed by atoms with van der Waals surface area (Å²) in [6.45, 7) is 1.52. The summed E-state index contributed by atoms with van der Waals surface area (Å²) in [6, 6.07) is 6.33. The van der Waals surface area contributed by atoms with Gasteiger partial charge < -0.3 is 5.73 Å². The third-order valence-electron chi connectivity index (χ3n) is 2.09. The van der Waals surface area contributed by atoms with Gasteiger partial charge in [0.25, 0.3) is 0 Å². The maximum Gasteiger partial charge on any atom is 0.190 e. The molecule has 1 aromatic rings. The summed E-state index contributed by atoms with van der Waals surface area (Å²) >= 11 is 1.65. The van der Waals surface area contributed by atoms with Crippen LogP contribution in [0.1, 0.15) is 17.3 Å². The summed E-state index contributed by atoms with van der Waals surface area (Å²) in [7, 11) is -3.36. The van der Waals surface area contributed by atoms with E-state index in [-0.39, 0.29) is 5.75 Å². The minimum absolute atomic E-state index is 0.0470. The molecule has 0 spiro atoms. The van der Waals surface area contributed by atoms with Crippen molar-refractivity contribution in [3.8, 4) is 0 Å². The first-order valence-corrected chi connectivity index (χ1v) is 7.60. The first-order chi connectivity index (χ1) is 7.38. The molecule has 0 aliphatic rings. The number of hydrogen-bond acceptors (Lipinski definition) is 4. The average Bonchev–Trinajstić information content (AvgIpc) is 2.27. The molecule has 1 atom stereocenters. The van der Waals surface area contributed by atoms with Crippen LogP contribution in [0.3, 0.4) is 0 Å². The highest BCUT2D eigenvalue weighted by Crippen LogP contribution is 2.18. The molecule has 0 amide bonds. The second kappa shape index (κ2) is 5.13. The van der Waals surface area contributed by atoms with Crippen LogP contribution >= 0.6 is 22.6 Å². The Bertz CT molecular complexity index is 499. The summed E-state index contributed by atoms with van der Waals surface area (Å²) in [6.07, 6.45) is 0. The maximum absolute atomic E-state index is 11.9. The molecule has 0 aliphatic heterocycles. The van der Waals surface area contributed by atoms with Crippen molar-refractivity contribution in [1.29, 1.82) is 0 Å². The second-order valence-corrected chi connectivity index (χ2v) is 7.72. The highest BCUT2D eigenvalue weighted by atomic mass is 127. The monoisotopic (exact) mass is 353 g/mol. The lowest BCUT2D eigenvalue weighted by Gasteiger charge is -2.09. The van der Waals surface area contributed by atoms with Crippen LogP contribution in [0.4, 0.5) is 5.69 Å². The summed E-state index contributed by atoms with van der Waals surface area (Å²) in [4.78, 5) is 11.9. The number of benzene rings is 1. The molecule has 0 aromatic heterocycles. The molecule has 88 valence electrons. The quantitative estimate of drug-likeness (QED) is 0.387. The lowest BCUT2D eigenvalue weighted by Crippen LogP contribution is -2.26. The summed E-state index contributed by atoms with van der Waals surface area (Å²) in [5, 5.41) is 0. The Kier molecular flexibility index (Phi) is 4.31. The number of nitrogens with two attached hydrogens (primary N) is 1. The zero-order valence-electron chi connectivity index (χ0n) is 8.68. The van der Waals surface area contributed by atoms with Gasteiger partial charge >= 0.3 is 0 Å². The first-order valence-electron chi connectivity index (χ1n) is 4.64. The standard InChI is InChI=1S/C10H12INO3S/c1-2-16(14,15)10(11)9(13)7-4-3-5-8(12)6-7/h3-6,10H,2,12H2,1H3. The van der Waals surface area contributed by atoms with Crippen LogP contribution < -0.4 is 5.73 Å². The Labute approximate surface area is 108 Å². The maximum atomic E-state index is 11.9. The van der Waals surface area contributed by atoms with Crippen LogP contribution in [-0.2, 0) is 9.84 Å². The van der Waals surface area contributed by atoms with E-state index in [1.54, 1.807) is 40.8 Å². The number of hydrogen-bond donors (Lipinski definition) is 1. The number of halogens is 1. The number of carbonyl (C=O) groups is 1. The van der Waals surface area contributed by atoms with E-state index in [1.807, 2.05) is 0 Å². The van der Waals surface area contributed by atoms with Crippen LogP contribution in [0.2, 0.25) is 0 Å². The van der Waals surface area contributed by atoms with Crippen molar-refractivity contribution in [3.63, 3.8) is 0 Å². The number of ketones is 1. The van der Waals surface area contributed by atoms with Gasteiger partial charge in [0.05, 0.1) is 0 Å². The molecule has 2 N–H and O–H groups in total. The molecule has 4 nitrogen and oxygen atoms in total. The van der Waals surface area contributed by atoms with Crippen molar-refractivity contribution >= 4 is 43.9 Å². The minimum atomic E-state index is -3.36. The van der Waals surface area contributed by atoms with E-state index in [2.05, 4.69) is 0 Å². The lowest BCUT2D eigenvalue weighted by atomic mass is 10.1. The van der Waals surface area contributed by atoms with E-state index in [0.717, 1.165) is 0 Å². The van der Waals surface area contributed by atoms with Gasteiger partial charge in [-0.25, -0.2) is 8.42 Å². The minimum Gasteiger partial charge on any atom is -0.399 e. The normalized spacial score (nSPS) is 13.4. The summed E-state index contributed by atoms with van der Waals surface area (Å²) in [5.74, 6) is -0.468.